The summed E-state index contributed by atoms with van der Waals surface area (Å²) in [5.74, 6) is 0.933. The van der Waals surface area contributed by atoms with E-state index in [2.05, 4.69) is 17.4 Å². The second kappa shape index (κ2) is 6.62. The lowest BCUT2D eigenvalue weighted by molar-refractivity contribution is 0.240. The van der Waals surface area contributed by atoms with Gasteiger partial charge in [0.1, 0.15) is 5.75 Å². The molecule has 0 aliphatic heterocycles. The van der Waals surface area contributed by atoms with Gasteiger partial charge in [-0.3, -0.25) is 0 Å². The minimum atomic E-state index is 0.189. The Morgan fingerprint density at radius 3 is 2.53 bits per heavy atom. The Kier molecular flexibility index (Phi) is 5.45. The fraction of sp³-hybridized carbons (Fsp3) is 0.571. The summed E-state index contributed by atoms with van der Waals surface area (Å²) >= 11 is 0. The molecule has 3 heteroatoms. The van der Waals surface area contributed by atoms with E-state index in [9.17, 15) is 0 Å². The molecule has 1 unspecified atom stereocenters. The third-order valence-corrected chi connectivity index (χ3v) is 2.73. The maximum absolute atomic E-state index is 9.01. The molecule has 0 saturated heterocycles. The molecule has 1 atom stereocenters. The van der Waals surface area contributed by atoms with Crippen LogP contribution in [0.4, 0.5) is 0 Å². The van der Waals surface area contributed by atoms with Gasteiger partial charge in [0.2, 0.25) is 0 Å². The number of rotatable bonds is 6. The van der Waals surface area contributed by atoms with E-state index < -0.39 is 0 Å². The molecular formula is C14H23NO2. The van der Waals surface area contributed by atoms with Crippen LogP contribution < -0.4 is 10.1 Å². The van der Waals surface area contributed by atoms with Crippen LogP contribution in [0.15, 0.2) is 18.2 Å². The maximum Gasteiger partial charge on any atom is 0.122 e. The zero-order valence-electron chi connectivity index (χ0n) is 11.2. The van der Waals surface area contributed by atoms with Gasteiger partial charge in [0.05, 0.1) is 6.10 Å². The number of benzene rings is 1. The van der Waals surface area contributed by atoms with Gasteiger partial charge in [-0.25, -0.2) is 0 Å². The largest absolute Gasteiger partial charge is 0.491 e. The second-order valence-electron chi connectivity index (χ2n) is 4.55. The molecule has 0 fully saturated rings. The first-order valence-electron chi connectivity index (χ1n) is 6.13. The van der Waals surface area contributed by atoms with E-state index in [1.807, 2.05) is 33.9 Å². The number of aryl methyl sites for hydroxylation is 1. The smallest absolute Gasteiger partial charge is 0.122 e. The molecule has 1 aromatic rings. The quantitative estimate of drug-likeness (QED) is 0.798. The first-order chi connectivity index (χ1) is 8.08. The Morgan fingerprint density at radius 1 is 1.35 bits per heavy atom. The molecule has 0 heterocycles. The Balaban J connectivity index is 2.86. The normalized spacial score (nSPS) is 12.8. The lowest BCUT2D eigenvalue weighted by atomic mass is 10.0. The van der Waals surface area contributed by atoms with Crippen LogP contribution in [-0.4, -0.2) is 24.9 Å². The highest BCUT2D eigenvalue weighted by molar-refractivity contribution is 5.37. The topological polar surface area (TPSA) is 41.5 Å². The minimum Gasteiger partial charge on any atom is -0.491 e. The highest BCUT2D eigenvalue weighted by atomic mass is 16.5. The van der Waals surface area contributed by atoms with E-state index in [4.69, 9.17) is 9.84 Å². The minimum absolute atomic E-state index is 0.189. The van der Waals surface area contributed by atoms with E-state index in [0.717, 1.165) is 17.7 Å². The van der Waals surface area contributed by atoms with Gasteiger partial charge in [-0.2, -0.15) is 0 Å². The zero-order chi connectivity index (χ0) is 12.8. The van der Waals surface area contributed by atoms with Gasteiger partial charge < -0.3 is 15.2 Å². The standard InChI is InChI=1S/C14H23NO2/c1-10(2)17-14-6-5-12(9-11(14)3)13(15-4)7-8-16/h5-6,9-10,13,15-16H,7-8H2,1-4H3. The van der Waals surface area contributed by atoms with Gasteiger partial charge in [-0.1, -0.05) is 12.1 Å². The summed E-state index contributed by atoms with van der Waals surface area (Å²) in [7, 11) is 1.91. The summed E-state index contributed by atoms with van der Waals surface area (Å²) < 4.78 is 5.70. The molecule has 17 heavy (non-hydrogen) atoms. The third-order valence-electron chi connectivity index (χ3n) is 2.73. The van der Waals surface area contributed by atoms with Crippen molar-refractivity contribution in [3.05, 3.63) is 29.3 Å². The molecule has 0 spiro atoms. The van der Waals surface area contributed by atoms with Crippen molar-refractivity contribution in [3.63, 3.8) is 0 Å². The molecule has 0 aromatic heterocycles. The summed E-state index contributed by atoms with van der Waals surface area (Å²) in [6.45, 7) is 6.28. The summed E-state index contributed by atoms with van der Waals surface area (Å²) in [5, 5.41) is 12.2. The Labute approximate surface area is 104 Å². The average Bonchev–Trinajstić information content (AvgIpc) is 2.28. The van der Waals surface area contributed by atoms with Crippen LogP contribution in [0.5, 0.6) is 5.75 Å². The second-order valence-corrected chi connectivity index (χ2v) is 4.55. The number of ether oxygens (including phenoxy) is 1. The van der Waals surface area contributed by atoms with Crippen molar-refractivity contribution < 1.29 is 9.84 Å². The molecule has 96 valence electrons. The van der Waals surface area contributed by atoms with Gasteiger partial charge >= 0.3 is 0 Å². The average molecular weight is 237 g/mol. The summed E-state index contributed by atoms with van der Waals surface area (Å²) in [6, 6.07) is 6.38. The zero-order valence-corrected chi connectivity index (χ0v) is 11.2. The van der Waals surface area contributed by atoms with Crippen molar-refractivity contribution in [2.75, 3.05) is 13.7 Å². The fourth-order valence-corrected chi connectivity index (χ4v) is 1.88. The Morgan fingerprint density at radius 2 is 2.06 bits per heavy atom. The SMILES string of the molecule is CNC(CCO)c1ccc(OC(C)C)c(C)c1. The third kappa shape index (κ3) is 4.02. The molecule has 0 bridgehead atoms. The van der Waals surface area contributed by atoms with Crippen LogP contribution in [0.2, 0.25) is 0 Å². The van der Waals surface area contributed by atoms with Crippen molar-refractivity contribution in [2.24, 2.45) is 0 Å². The van der Waals surface area contributed by atoms with Crippen molar-refractivity contribution in [2.45, 2.75) is 39.3 Å². The molecule has 3 nitrogen and oxygen atoms in total. The molecule has 1 rings (SSSR count). The summed E-state index contributed by atoms with van der Waals surface area (Å²) in [4.78, 5) is 0. The molecule has 0 aliphatic rings. The molecule has 1 aromatic carbocycles. The maximum atomic E-state index is 9.01. The van der Waals surface area contributed by atoms with Crippen molar-refractivity contribution in [1.29, 1.82) is 0 Å². The molecule has 0 radical (unpaired) electrons. The number of hydrogen-bond donors (Lipinski definition) is 2. The number of hydrogen-bond acceptors (Lipinski definition) is 3. The van der Waals surface area contributed by atoms with Gasteiger partial charge in [-0.15, -0.1) is 0 Å². The number of aliphatic hydroxyl groups is 1. The number of aliphatic hydroxyl groups excluding tert-OH is 1. The van der Waals surface area contributed by atoms with E-state index in [0.29, 0.717) is 0 Å². The van der Waals surface area contributed by atoms with E-state index in [1.54, 1.807) is 0 Å². The van der Waals surface area contributed by atoms with Crippen LogP contribution in [-0.2, 0) is 0 Å². The number of nitrogens with one attached hydrogen (secondary N) is 1. The Hall–Kier alpha value is -1.06. The molecule has 0 saturated carbocycles. The lowest BCUT2D eigenvalue weighted by Crippen LogP contribution is -2.18. The van der Waals surface area contributed by atoms with E-state index in [-0.39, 0.29) is 18.8 Å². The van der Waals surface area contributed by atoms with Crippen molar-refractivity contribution in [1.82, 2.24) is 5.32 Å². The molecule has 0 amide bonds. The molecule has 0 aliphatic carbocycles. The van der Waals surface area contributed by atoms with E-state index in [1.165, 1.54) is 5.56 Å². The first kappa shape index (κ1) is 14.0. The van der Waals surface area contributed by atoms with E-state index >= 15 is 0 Å². The molecular weight excluding hydrogens is 214 g/mol. The van der Waals surface area contributed by atoms with Crippen molar-refractivity contribution in [3.8, 4) is 5.75 Å². The first-order valence-corrected chi connectivity index (χ1v) is 6.13. The van der Waals surface area contributed by atoms with Crippen LogP contribution in [0.3, 0.4) is 0 Å². The van der Waals surface area contributed by atoms with Gasteiger partial charge in [0.25, 0.3) is 0 Å². The fourth-order valence-electron chi connectivity index (χ4n) is 1.88. The van der Waals surface area contributed by atoms with Crippen LogP contribution in [0.1, 0.15) is 37.4 Å². The van der Waals surface area contributed by atoms with Crippen molar-refractivity contribution >= 4 is 0 Å². The van der Waals surface area contributed by atoms with Crippen LogP contribution in [0, 0.1) is 6.92 Å². The summed E-state index contributed by atoms with van der Waals surface area (Å²) in [5.41, 5.74) is 2.32. The Bertz CT molecular complexity index is 350. The van der Waals surface area contributed by atoms with Crippen LogP contribution in [0.25, 0.3) is 0 Å². The van der Waals surface area contributed by atoms with Gasteiger partial charge in [-0.05, 0) is 51.4 Å². The highest BCUT2D eigenvalue weighted by Crippen LogP contribution is 2.24. The predicted molar refractivity (Wildman–Crippen MR) is 70.4 cm³/mol. The lowest BCUT2D eigenvalue weighted by Gasteiger charge is -2.18. The monoisotopic (exact) mass is 237 g/mol. The summed E-state index contributed by atoms with van der Waals surface area (Å²) in [6.07, 6.45) is 0.914. The van der Waals surface area contributed by atoms with Crippen LogP contribution >= 0.6 is 0 Å². The molecule has 2 N–H and O–H groups in total. The van der Waals surface area contributed by atoms with Gasteiger partial charge in [0, 0.05) is 12.6 Å². The predicted octanol–water partition coefficient (Wildman–Crippen LogP) is 2.43. The van der Waals surface area contributed by atoms with Gasteiger partial charge in [0.15, 0.2) is 0 Å². The highest BCUT2D eigenvalue weighted by Gasteiger charge is 2.10.